The number of carbonyl (C=O) groups is 1. The molecule has 4 N–H and O–H groups in total. The third-order valence-corrected chi connectivity index (χ3v) is 5.77. The number of hydrogen-bond acceptors (Lipinski definition) is 5. The maximum Gasteiger partial charge on any atom is 0.284 e. The highest BCUT2D eigenvalue weighted by atomic mass is 127. The van der Waals surface area contributed by atoms with Crippen LogP contribution in [0.15, 0.2) is 21.5 Å². The van der Waals surface area contributed by atoms with E-state index < -0.39 is 5.91 Å². The molecular formula is C20H34IN5O3. The normalized spacial score (nSPS) is 20.0. The lowest BCUT2D eigenvalue weighted by Gasteiger charge is -2.42. The Kier molecular flexibility index (Phi) is 9.70. The largest absolute Gasteiger partial charge is 0.454 e. The SMILES string of the molecule is CN=C(NCc1ccc(C(N)=O)o1)NCC1(CN2CCOCC2)CCCCC1.I. The summed E-state index contributed by atoms with van der Waals surface area (Å²) in [5, 5.41) is 6.77. The molecule has 1 aliphatic heterocycles. The van der Waals surface area contributed by atoms with E-state index in [2.05, 4.69) is 20.5 Å². The van der Waals surface area contributed by atoms with Gasteiger partial charge < -0.3 is 25.5 Å². The lowest BCUT2D eigenvalue weighted by molar-refractivity contribution is 0.00820. The van der Waals surface area contributed by atoms with Gasteiger partial charge in [-0.2, -0.15) is 0 Å². The number of aliphatic imine (C=N–C) groups is 1. The summed E-state index contributed by atoms with van der Waals surface area (Å²) < 4.78 is 10.9. The molecule has 1 saturated carbocycles. The van der Waals surface area contributed by atoms with Crippen molar-refractivity contribution < 1.29 is 13.9 Å². The summed E-state index contributed by atoms with van der Waals surface area (Å²) in [5.74, 6) is 1.00. The number of nitrogens with one attached hydrogen (secondary N) is 2. The fourth-order valence-electron chi connectivity index (χ4n) is 4.19. The van der Waals surface area contributed by atoms with Crippen molar-refractivity contribution in [1.82, 2.24) is 15.5 Å². The van der Waals surface area contributed by atoms with Gasteiger partial charge in [-0.15, -0.1) is 24.0 Å². The molecule has 9 heteroatoms. The number of halogens is 1. The monoisotopic (exact) mass is 519 g/mol. The second-order valence-electron chi connectivity index (χ2n) is 7.86. The van der Waals surface area contributed by atoms with E-state index in [1.807, 2.05) is 0 Å². The van der Waals surface area contributed by atoms with Gasteiger partial charge in [-0.25, -0.2) is 0 Å². The smallest absolute Gasteiger partial charge is 0.284 e. The predicted octanol–water partition coefficient (Wildman–Crippen LogP) is 1.94. The zero-order valence-electron chi connectivity index (χ0n) is 17.2. The summed E-state index contributed by atoms with van der Waals surface area (Å²) in [5.41, 5.74) is 5.50. The number of guanidine groups is 1. The van der Waals surface area contributed by atoms with Crippen LogP contribution in [0.3, 0.4) is 0 Å². The molecule has 0 atom stereocenters. The minimum Gasteiger partial charge on any atom is -0.454 e. The molecule has 8 nitrogen and oxygen atoms in total. The zero-order chi connectivity index (χ0) is 19.8. The van der Waals surface area contributed by atoms with Crippen LogP contribution in [0.25, 0.3) is 0 Å². The third-order valence-electron chi connectivity index (χ3n) is 5.77. The maximum atomic E-state index is 11.1. The first-order valence-corrected chi connectivity index (χ1v) is 10.2. The lowest BCUT2D eigenvalue weighted by Crippen LogP contribution is -2.51. The maximum absolute atomic E-state index is 11.1. The summed E-state index contributed by atoms with van der Waals surface area (Å²) >= 11 is 0. The topological polar surface area (TPSA) is 105 Å². The van der Waals surface area contributed by atoms with Crippen LogP contribution in [0.5, 0.6) is 0 Å². The Bertz CT molecular complexity index is 667. The van der Waals surface area contributed by atoms with Gasteiger partial charge in [0.15, 0.2) is 11.7 Å². The molecule has 29 heavy (non-hydrogen) atoms. The first-order valence-electron chi connectivity index (χ1n) is 10.2. The molecule has 0 unspecified atom stereocenters. The van der Waals surface area contributed by atoms with E-state index in [0.717, 1.165) is 45.4 Å². The van der Waals surface area contributed by atoms with Gasteiger partial charge in [-0.05, 0) is 25.0 Å². The summed E-state index contributed by atoms with van der Waals surface area (Å²) in [6.07, 6.45) is 6.40. The number of morpholine rings is 1. The second-order valence-corrected chi connectivity index (χ2v) is 7.86. The van der Waals surface area contributed by atoms with Gasteiger partial charge in [0.25, 0.3) is 5.91 Å². The van der Waals surface area contributed by atoms with Crippen molar-refractivity contribution in [3.05, 3.63) is 23.7 Å². The number of hydrogen-bond donors (Lipinski definition) is 3. The van der Waals surface area contributed by atoms with E-state index in [9.17, 15) is 4.79 Å². The van der Waals surface area contributed by atoms with Crippen LogP contribution >= 0.6 is 24.0 Å². The van der Waals surface area contributed by atoms with E-state index in [1.54, 1.807) is 19.2 Å². The Morgan fingerprint density at radius 2 is 1.93 bits per heavy atom. The van der Waals surface area contributed by atoms with Crippen LogP contribution in [-0.4, -0.2) is 63.2 Å². The van der Waals surface area contributed by atoms with Crippen molar-refractivity contribution in [2.24, 2.45) is 16.1 Å². The first-order chi connectivity index (χ1) is 13.6. The van der Waals surface area contributed by atoms with E-state index in [1.165, 1.54) is 32.1 Å². The summed E-state index contributed by atoms with van der Waals surface area (Å²) in [4.78, 5) is 18.0. The number of amides is 1. The molecule has 0 aromatic carbocycles. The third kappa shape index (κ3) is 7.14. The van der Waals surface area contributed by atoms with Gasteiger partial charge in [0.05, 0.1) is 19.8 Å². The van der Waals surface area contributed by atoms with Crippen molar-refractivity contribution >= 4 is 35.8 Å². The quantitative estimate of drug-likeness (QED) is 0.289. The van der Waals surface area contributed by atoms with E-state index in [0.29, 0.717) is 12.3 Å². The predicted molar refractivity (Wildman–Crippen MR) is 124 cm³/mol. The van der Waals surface area contributed by atoms with Gasteiger partial charge in [0.2, 0.25) is 0 Å². The van der Waals surface area contributed by atoms with Crippen LogP contribution in [0.1, 0.15) is 48.4 Å². The Hall–Kier alpha value is -1.33. The molecule has 1 aliphatic carbocycles. The number of furan rings is 1. The molecule has 0 bridgehead atoms. The number of ether oxygens (including phenoxy) is 1. The van der Waals surface area contributed by atoms with Crippen LogP contribution < -0.4 is 16.4 Å². The molecule has 2 fully saturated rings. The zero-order valence-corrected chi connectivity index (χ0v) is 19.6. The van der Waals surface area contributed by atoms with Gasteiger partial charge in [0.1, 0.15) is 5.76 Å². The standard InChI is InChI=1S/C20H33N5O3.HI/c1-22-19(23-13-16-5-6-17(28-16)18(21)26)24-14-20(7-3-2-4-8-20)15-25-9-11-27-12-10-25;/h5-6H,2-4,7-15H2,1H3,(H2,21,26)(H2,22,23,24);1H. The van der Waals surface area contributed by atoms with Crippen molar-refractivity contribution in [2.45, 2.75) is 38.6 Å². The molecule has 0 radical (unpaired) electrons. The molecule has 0 spiro atoms. The number of nitrogens with zero attached hydrogens (tertiary/aromatic N) is 2. The second kappa shape index (κ2) is 11.8. The fourth-order valence-corrected chi connectivity index (χ4v) is 4.19. The summed E-state index contributed by atoms with van der Waals surface area (Å²) in [6, 6.07) is 3.34. The average Bonchev–Trinajstić information content (AvgIpc) is 3.19. The number of carbonyl (C=O) groups excluding carboxylic acids is 1. The van der Waals surface area contributed by atoms with Crippen LogP contribution in [0.2, 0.25) is 0 Å². The summed E-state index contributed by atoms with van der Waals surface area (Å²) in [6.45, 7) is 6.18. The van der Waals surface area contributed by atoms with Crippen molar-refractivity contribution in [1.29, 1.82) is 0 Å². The van der Waals surface area contributed by atoms with Gasteiger partial charge in [-0.1, -0.05) is 19.3 Å². The highest BCUT2D eigenvalue weighted by Crippen LogP contribution is 2.36. The van der Waals surface area contributed by atoms with Crippen molar-refractivity contribution in [3.8, 4) is 0 Å². The summed E-state index contributed by atoms with van der Waals surface area (Å²) in [7, 11) is 1.77. The van der Waals surface area contributed by atoms with Crippen molar-refractivity contribution in [3.63, 3.8) is 0 Å². The average molecular weight is 519 g/mol. The van der Waals surface area contributed by atoms with Crippen LogP contribution in [-0.2, 0) is 11.3 Å². The molecule has 1 aromatic rings. The number of primary amides is 1. The Morgan fingerprint density at radius 1 is 1.21 bits per heavy atom. The lowest BCUT2D eigenvalue weighted by atomic mass is 9.73. The number of nitrogens with two attached hydrogens (primary N) is 1. The van der Waals surface area contributed by atoms with E-state index in [4.69, 9.17) is 14.9 Å². The molecule has 3 rings (SSSR count). The van der Waals surface area contributed by atoms with Crippen LogP contribution in [0, 0.1) is 5.41 Å². The van der Waals surface area contributed by atoms with E-state index in [-0.39, 0.29) is 35.2 Å². The molecule has 1 amide bonds. The van der Waals surface area contributed by atoms with E-state index >= 15 is 0 Å². The first kappa shape index (κ1) is 23.9. The molecular weight excluding hydrogens is 485 g/mol. The highest BCUT2D eigenvalue weighted by molar-refractivity contribution is 14.0. The molecule has 2 heterocycles. The van der Waals surface area contributed by atoms with Crippen LogP contribution in [0.4, 0.5) is 0 Å². The number of rotatable bonds is 7. The minimum atomic E-state index is -0.559. The Morgan fingerprint density at radius 3 is 2.55 bits per heavy atom. The Balaban J connectivity index is 0.00000300. The highest BCUT2D eigenvalue weighted by Gasteiger charge is 2.34. The fraction of sp³-hybridized carbons (Fsp3) is 0.700. The van der Waals surface area contributed by atoms with Gasteiger partial charge in [0, 0.05) is 38.6 Å². The molecule has 1 saturated heterocycles. The van der Waals surface area contributed by atoms with Crippen molar-refractivity contribution in [2.75, 3.05) is 46.4 Å². The molecule has 1 aromatic heterocycles. The van der Waals surface area contributed by atoms with Gasteiger partial charge in [-0.3, -0.25) is 14.7 Å². The van der Waals surface area contributed by atoms with Gasteiger partial charge >= 0.3 is 0 Å². The molecule has 2 aliphatic rings. The minimum absolute atomic E-state index is 0. The molecule has 164 valence electrons. The Labute approximate surface area is 190 Å².